The van der Waals surface area contributed by atoms with Crippen LogP contribution in [-0.2, 0) is 9.59 Å². The van der Waals surface area contributed by atoms with E-state index < -0.39 is 10.8 Å². The molecule has 2 aromatic rings. The lowest BCUT2D eigenvalue weighted by Gasteiger charge is -2.16. The Balaban J connectivity index is 1.91. The van der Waals surface area contributed by atoms with Crippen LogP contribution in [0.5, 0.6) is 5.75 Å². The van der Waals surface area contributed by atoms with Gasteiger partial charge in [0.25, 0.3) is 5.69 Å². The van der Waals surface area contributed by atoms with Crippen LogP contribution in [0.25, 0.3) is 0 Å². The summed E-state index contributed by atoms with van der Waals surface area (Å²) in [6, 6.07) is 7.49. The fourth-order valence-electron chi connectivity index (χ4n) is 2.26. The molecule has 1 aromatic carbocycles. The highest BCUT2D eigenvalue weighted by molar-refractivity contribution is 9.10. The van der Waals surface area contributed by atoms with E-state index in [1.54, 1.807) is 25.4 Å². The summed E-state index contributed by atoms with van der Waals surface area (Å²) < 4.78 is 5.74. The van der Waals surface area contributed by atoms with Crippen molar-refractivity contribution in [3.8, 4) is 5.75 Å². The average Bonchev–Trinajstić information content (AvgIpc) is 2.63. The fraction of sp³-hybridized carbons (Fsp3) is 0.235. The Labute approximate surface area is 169 Å². The number of halogens is 1. The van der Waals surface area contributed by atoms with Crippen molar-refractivity contribution in [1.82, 2.24) is 9.88 Å². The maximum absolute atomic E-state index is 12.2. The highest BCUT2D eigenvalue weighted by Crippen LogP contribution is 2.28. The lowest BCUT2D eigenvalue weighted by Crippen LogP contribution is -2.36. The van der Waals surface area contributed by atoms with E-state index in [4.69, 9.17) is 4.74 Å². The highest BCUT2D eigenvalue weighted by atomic mass is 79.9. The van der Waals surface area contributed by atoms with E-state index in [0.717, 1.165) is 4.47 Å². The summed E-state index contributed by atoms with van der Waals surface area (Å²) in [6.45, 7) is -0.194. The maximum Gasteiger partial charge on any atom is 0.296 e. The number of anilines is 2. The van der Waals surface area contributed by atoms with Gasteiger partial charge in [-0.25, -0.2) is 4.98 Å². The Morgan fingerprint density at radius 3 is 2.46 bits per heavy atom. The second-order valence-corrected chi connectivity index (χ2v) is 6.69. The number of pyridine rings is 1. The molecule has 0 saturated carbocycles. The molecule has 0 saturated heterocycles. The third-order valence-electron chi connectivity index (χ3n) is 3.50. The summed E-state index contributed by atoms with van der Waals surface area (Å²) in [7, 11) is 2.97. The van der Waals surface area contributed by atoms with Crippen LogP contribution < -0.4 is 15.4 Å². The van der Waals surface area contributed by atoms with Gasteiger partial charge in [0.1, 0.15) is 17.3 Å². The van der Waals surface area contributed by atoms with Crippen molar-refractivity contribution in [2.75, 3.05) is 37.9 Å². The molecule has 2 amide bonds. The molecule has 28 heavy (non-hydrogen) atoms. The van der Waals surface area contributed by atoms with Gasteiger partial charge in [-0.2, -0.15) is 0 Å². The number of nitrogens with one attached hydrogen (secondary N) is 2. The average molecular weight is 452 g/mol. The molecule has 0 unspecified atom stereocenters. The number of amides is 2. The molecule has 10 nitrogen and oxygen atoms in total. The van der Waals surface area contributed by atoms with Crippen LogP contribution in [0.3, 0.4) is 0 Å². The summed E-state index contributed by atoms with van der Waals surface area (Å²) in [5.74, 6) is -0.147. The van der Waals surface area contributed by atoms with Gasteiger partial charge in [-0.05, 0) is 47.2 Å². The number of rotatable bonds is 8. The van der Waals surface area contributed by atoms with Crippen molar-refractivity contribution in [2.45, 2.75) is 0 Å². The lowest BCUT2D eigenvalue weighted by atomic mass is 10.2. The van der Waals surface area contributed by atoms with Gasteiger partial charge in [0, 0.05) is 10.7 Å². The molecular weight excluding hydrogens is 434 g/mol. The summed E-state index contributed by atoms with van der Waals surface area (Å²) in [6.07, 6.45) is 1.55. The number of methoxy groups -OCH3 is 1. The molecular formula is C17H18BrN5O5. The summed E-state index contributed by atoms with van der Waals surface area (Å²) in [4.78, 5) is 40.2. The van der Waals surface area contributed by atoms with Crippen LogP contribution in [0, 0.1) is 10.1 Å². The summed E-state index contributed by atoms with van der Waals surface area (Å²) in [5, 5.41) is 16.2. The van der Waals surface area contributed by atoms with Crippen molar-refractivity contribution in [3.05, 3.63) is 51.1 Å². The zero-order valence-electron chi connectivity index (χ0n) is 15.1. The van der Waals surface area contributed by atoms with Crippen molar-refractivity contribution >= 4 is 44.9 Å². The standard InChI is InChI=1S/C17H18BrN5O5/c1-22(10-17(25)21-15-6-3-11(18)8-19-15)9-16(24)20-13-5-4-12(28-2)7-14(13)23(26)27/h3-8H,9-10H2,1-2H3,(H,20,24)(H,19,21,25). The number of benzene rings is 1. The van der Waals surface area contributed by atoms with Gasteiger partial charge >= 0.3 is 0 Å². The van der Waals surface area contributed by atoms with E-state index >= 15 is 0 Å². The number of nitrogens with zero attached hydrogens (tertiary/aromatic N) is 3. The van der Waals surface area contributed by atoms with Gasteiger partial charge in [0.2, 0.25) is 11.8 Å². The number of aromatic nitrogens is 1. The number of ether oxygens (including phenoxy) is 1. The van der Waals surface area contributed by atoms with E-state index in [0.29, 0.717) is 11.6 Å². The molecule has 0 aliphatic rings. The second kappa shape index (κ2) is 9.76. The minimum atomic E-state index is -0.611. The fourth-order valence-corrected chi connectivity index (χ4v) is 2.50. The number of nitro benzene ring substituents is 1. The van der Waals surface area contributed by atoms with E-state index in [1.807, 2.05) is 0 Å². The molecule has 0 bridgehead atoms. The van der Waals surface area contributed by atoms with Crippen LogP contribution in [0.15, 0.2) is 41.0 Å². The predicted octanol–water partition coefficient (Wildman–Crippen LogP) is 2.27. The molecule has 1 aromatic heterocycles. The van der Waals surface area contributed by atoms with Crippen molar-refractivity contribution in [2.24, 2.45) is 0 Å². The smallest absolute Gasteiger partial charge is 0.296 e. The summed E-state index contributed by atoms with van der Waals surface area (Å²) in [5.41, 5.74) is -0.234. The van der Waals surface area contributed by atoms with Gasteiger partial charge in [-0.3, -0.25) is 24.6 Å². The van der Waals surface area contributed by atoms with Gasteiger partial charge in [0.05, 0.1) is 31.2 Å². The number of carbonyl (C=O) groups excluding carboxylic acids is 2. The predicted molar refractivity (Wildman–Crippen MR) is 106 cm³/mol. The molecule has 0 radical (unpaired) electrons. The van der Waals surface area contributed by atoms with Crippen molar-refractivity contribution in [3.63, 3.8) is 0 Å². The molecule has 0 spiro atoms. The highest BCUT2D eigenvalue weighted by Gasteiger charge is 2.18. The first-order valence-electron chi connectivity index (χ1n) is 8.00. The monoisotopic (exact) mass is 451 g/mol. The zero-order valence-corrected chi connectivity index (χ0v) is 16.7. The van der Waals surface area contributed by atoms with Gasteiger partial charge in [-0.15, -0.1) is 0 Å². The van der Waals surface area contributed by atoms with Crippen molar-refractivity contribution < 1.29 is 19.2 Å². The van der Waals surface area contributed by atoms with Crippen LogP contribution in [0.4, 0.5) is 17.2 Å². The van der Waals surface area contributed by atoms with Crippen LogP contribution in [-0.4, -0.2) is 53.9 Å². The zero-order chi connectivity index (χ0) is 20.7. The topological polar surface area (TPSA) is 127 Å². The molecule has 148 valence electrons. The molecule has 1 heterocycles. The summed E-state index contributed by atoms with van der Waals surface area (Å²) >= 11 is 3.25. The second-order valence-electron chi connectivity index (χ2n) is 5.77. The minimum Gasteiger partial charge on any atom is -0.496 e. The van der Waals surface area contributed by atoms with E-state index in [2.05, 4.69) is 31.5 Å². The van der Waals surface area contributed by atoms with Crippen LogP contribution >= 0.6 is 15.9 Å². The Morgan fingerprint density at radius 2 is 1.89 bits per heavy atom. The maximum atomic E-state index is 12.2. The minimum absolute atomic E-state index is 0.0488. The van der Waals surface area contributed by atoms with Crippen LogP contribution in [0.2, 0.25) is 0 Å². The quantitative estimate of drug-likeness (QED) is 0.465. The Morgan fingerprint density at radius 1 is 1.21 bits per heavy atom. The lowest BCUT2D eigenvalue weighted by molar-refractivity contribution is -0.384. The molecule has 0 aliphatic heterocycles. The molecule has 2 rings (SSSR count). The van der Waals surface area contributed by atoms with E-state index in [-0.39, 0.29) is 30.4 Å². The first-order chi connectivity index (χ1) is 13.3. The Bertz CT molecular complexity index is 875. The molecule has 2 N–H and O–H groups in total. The third kappa shape index (κ3) is 6.28. The van der Waals surface area contributed by atoms with Gasteiger partial charge in [-0.1, -0.05) is 0 Å². The van der Waals surface area contributed by atoms with E-state index in [9.17, 15) is 19.7 Å². The Kier molecular flexibility index (Phi) is 7.41. The van der Waals surface area contributed by atoms with Crippen LogP contribution in [0.1, 0.15) is 0 Å². The molecule has 11 heteroatoms. The molecule has 0 fully saturated rings. The van der Waals surface area contributed by atoms with Gasteiger partial charge in [0.15, 0.2) is 0 Å². The Hall–Kier alpha value is -3.05. The normalized spacial score (nSPS) is 10.4. The number of hydrogen-bond acceptors (Lipinski definition) is 7. The van der Waals surface area contributed by atoms with E-state index in [1.165, 1.54) is 30.2 Å². The number of likely N-dealkylation sites (N-methyl/N-ethyl adjacent to an activating group) is 1. The first kappa shape index (κ1) is 21.3. The SMILES string of the molecule is COc1ccc(NC(=O)CN(C)CC(=O)Nc2ccc(Br)cn2)c([N+](=O)[O-])c1. The largest absolute Gasteiger partial charge is 0.496 e. The number of carbonyl (C=O) groups is 2. The molecule has 0 atom stereocenters. The van der Waals surface area contributed by atoms with Gasteiger partial charge < -0.3 is 15.4 Å². The first-order valence-corrected chi connectivity index (χ1v) is 8.80. The number of nitro groups is 1. The number of hydrogen-bond donors (Lipinski definition) is 2. The van der Waals surface area contributed by atoms with Crippen molar-refractivity contribution in [1.29, 1.82) is 0 Å². The third-order valence-corrected chi connectivity index (χ3v) is 3.97. The molecule has 0 aliphatic carbocycles.